The van der Waals surface area contributed by atoms with Crippen LogP contribution in [0.15, 0.2) is 42.1 Å². The Kier molecular flexibility index (Phi) is 2.63. The van der Waals surface area contributed by atoms with Crippen LogP contribution in [0.5, 0.6) is 0 Å². The van der Waals surface area contributed by atoms with Gasteiger partial charge in [-0.05, 0) is 25.0 Å². The van der Waals surface area contributed by atoms with Gasteiger partial charge in [0, 0.05) is 23.9 Å². The fourth-order valence-corrected chi connectivity index (χ4v) is 1.60. The highest BCUT2D eigenvalue weighted by Gasteiger charge is 2.16. The zero-order valence-electron chi connectivity index (χ0n) is 7.99. The first-order valence-electron chi connectivity index (χ1n) is 4.90. The number of para-hydroxylation sites is 1. The SMILES string of the molecule is O=C1CCC/C1=C/Nc1ccccc1. The van der Waals surface area contributed by atoms with Crippen LogP contribution < -0.4 is 5.32 Å². The number of Topliss-reactive ketones (excluding diaryl/α,β-unsaturated/α-hetero) is 1. The van der Waals surface area contributed by atoms with Gasteiger partial charge in [-0.1, -0.05) is 18.2 Å². The van der Waals surface area contributed by atoms with Gasteiger partial charge < -0.3 is 5.32 Å². The fourth-order valence-electron chi connectivity index (χ4n) is 1.60. The molecular formula is C12H13NO. The summed E-state index contributed by atoms with van der Waals surface area (Å²) < 4.78 is 0. The molecule has 72 valence electrons. The standard InChI is InChI=1S/C12H13NO/c14-12-8-4-5-10(12)9-13-11-6-2-1-3-7-11/h1-3,6-7,9,13H,4-5,8H2/b10-9-. The van der Waals surface area contributed by atoms with Crippen molar-refractivity contribution in [2.24, 2.45) is 0 Å². The van der Waals surface area contributed by atoms with Crippen LogP contribution in [-0.2, 0) is 4.79 Å². The third-order valence-electron chi connectivity index (χ3n) is 2.39. The first kappa shape index (κ1) is 9.00. The Balaban J connectivity index is 2.03. The second-order valence-electron chi connectivity index (χ2n) is 3.46. The minimum Gasteiger partial charge on any atom is -0.361 e. The Labute approximate surface area is 83.6 Å². The first-order chi connectivity index (χ1) is 6.86. The van der Waals surface area contributed by atoms with Crippen molar-refractivity contribution in [2.75, 3.05) is 5.32 Å². The molecule has 0 atom stereocenters. The van der Waals surface area contributed by atoms with Crippen molar-refractivity contribution in [2.45, 2.75) is 19.3 Å². The molecule has 0 amide bonds. The van der Waals surface area contributed by atoms with Crippen LogP contribution in [0.3, 0.4) is 0 Å². The van der Waals surface area contributed by atoms with Crippen molar-refractivity contribution in [1.29, 1.82) is 0 Å². The lowest BCUT2D eigenvalue weighted by Gasteiger charge is -2.00. The van der Waals surface area contributed by atoms with Crippen molar-refractivity contribution in [1.82, 2.24) is 0 Å². The van der Waals surface area contributed by atoms with Gasteiger partial charge in [-0.25, -0.2) is 0 Å². The van der Waals surface area contributed by atoms with Crippen LogP contribution >= 0.6 is 0 Å². The zero-order chi connectivity index (χ0) is 9.80. The van der Waals surface area contributed by atoms with E-state index in [1.54, 1.807) is 0 Å². The van der Waals surface area contributed by atoms with Gasteiger partial charge in [0.05, 0.1) is 0 Å². The second-order valence-corrected chi connectivity index (χ2v) is 3.46. The molecule has 2 heteroatoms. The molecule has 0 bridgehead atoms. The number of allylic oxidation sites excluding steroid dienone is 1. The zero-order valence-corrected chi connectivity index (χ0v) is 7.99. The van der Waals surface area contributed by atoms with E-state index in [2.05, 4.69) is 5.32 Å². The Morgan fingerprint density at radius 3 is 2.57 bits per heavy atom. The topological polar surface area (TPSA) is 29.1 Å². The van der Waals surface area contributed by atoms with Crippen LogP contribution in [-0.4, -0.2) is 5.78 Å². The van der Waals surface area contributed by atoms with E-state index in [1.165, 1.54) is 0 Å². The van der Waals surface area contributed by atoms with Crippen molar-refractivity contribution >= 4 is 11.5 Å². The summed E-state index contributed by atoms with van der Waals surface area (Å²) in [6, 6.07) is 9.88. The molecule has 1 aliphatic rings. The first-order valence-corrected chi connectivity index (χ1v) is 4.90. The van der Waals surface area contributed by atoms with Crippen molar-refractivity contribution in [3.63, 3.8) is 0 Å². The van der Waals surface area contributed by atoms with E-state index in [0.717, 1.165) is 24.1 Å². The molecule has 14 heavy (non-hydrogen) atoms. The molecule has 1 aromatic carbocycles. The normalized spacial score (nSPS) is 18.9. The lowest BCUT2D eigenvalue weighted by atomic mass is 10.2. The number of benzene rings is 1. The monoisotopic (exact) mass is 187 g/mol. The predicted octanol–water partition coefficient (Wildman–Crippen LogP) is 2.74. The molecule has 1 fully saturated rings. The van der Waals surface area contributed by atoms with Crippen molar-refractivity contribution in [3.8, 4) is 0 Å². The smallest absolute Gasteiger partial charge is 0.160 e. The summed E-state index contributed by atoms with van der Waals surface area (Å²) in [5.41, 5.74) is 1.95. The summed E-state index contributed by atoms with van der Waals surface area (Å²) in [4.78, 5) is 11.3. The number of ketones is 1. The predicted molar refractivity (Wildman–Crippen MR) is 57.0 cm³/mol. The molecule has 0 aromatic heterocycles. The number of rotatable bonds is 2. The molecule has 1 aliphatic carbocycles. The lowest BCUT2D eigenvalue weighted by Crippen LogP contribution is -1.96. The second kappa shape index (κ2) is 4.09. The van der Waals surface area contributed by atoms with Crippen molar-refractivity contribution < 1.29 is 4.79 Å². The van der Waals surface area contributed by atoms with E-state index < -0.39 is 0 Å². The molecule has 2 nitrogen and oxygen atoms in total. The third-order valence-corrected chi connectivity index (χ3v) is 2.39. The summed E-state index contributed by atoms with van der Waals surface area (Å²) in [7, 11) is 0. The van der Waals surface area contributed by atoms with Gasteiger partial charge in [0.25, 0.3) is 0 Å². The quantitative estimate of drug-likeness (QED) is 0.721. The van der Waals surface area contributed by atoms with Crippen molar-refractivity contribution in [3.05, 3.63) is 42.1 Å². The molecule has 1 N–H and O–H groups in total. The summed E-state index contributed by atoms with van der Waals surface area (Å²) in [5.74, 6) is 0.286. The maximum atomic E-state index is 11.3. The molecule has 0 saturated heterocycles. The molecular weight excluding hydrogens is 174 g/mol. The molecule has 0 radical (unpaired) electrons. The summed E-state index contributed by atoms with van der Waals surface area (Å²) >= 11 is 0. The summed E-state index contributed by atoms with van der Waals surface area (Å²) in [6.45, 7) is 0. The van der Waals surface area contributed by atoms with E-state index in [4.69, 9.17) is 0 Å². The van der Waals surface area contributed by atoms with E-state index in [9.17, 15) is 4.79 Å². The molecule has 1 saturated carbocycles. The Hall–Kier alpha value is -1.57. The Morgan fingerprint density at radius 1 is 1.14 bits per heavy atom. The molecule has 0 aliphatic heterocycles. The maximum absolute atomic E-state index is 11.3. The van der Waals surface area contributed by atoms with Gasteiger partial charge in [0.15, 0.2) is 5.78 Å². The minimum atomic E-state index is 0.286. The fraction of sp³-hybridized carbons (Fsp3) is 0.250. The number of hydrogen-bond donors (Lipinski definition) is 1. The number of anilines is 1. The highest BCUT2D eigenvalue weighted by atomic mass is 16.1. The highest BCUT2D eigenvalue weighted by Crippen LogP contribution is 2.20. The van der Waals surface area contributed by atoms with Gasteiger partial charge in [-0.3, -0.25) is 4.79 Å². The molecule has 0 spiro atoms. The minimum absolute atomic E-state index is 0.286. The van der Waals surface area contributed by atoms with E-state index >= 15 is 0 Å². The lowest BCUT2D eigenvalue weighted by molar-refractivity contribution is -0.114. The van der Waals surface area contributed by atoms with Crippen LogP contribution in [0.25, 0.3) is 0 Å². The number of carbonyl (C=O) groups is 1. The molecule has 1 aromatic rings. The number of nitrogens with one attached hydrogen (secondary N) is 1. The number of hydrogen-bond acceptors (Lipinski definition) is 2. The molecule has 0 unspecified atom stereocenters. The van der Waals surface area contributed by atoms with E-state index in [1.807, 2.05) is 36.5 Å². The average Bonchev–Trinajstić information content (AvgIpc) is 2.63. The Morgan fingerprint density at radius 2 is 1.93 bits per heavy atom. The molecule has 2 rings (SSSR count). The summed E-state index contributed by atoms with van der Waals surface area (Å²) in [5, 5.41) is 3.13. The van der Waals surface area contributed by atoms with Gasteiger partial charge in [-0.15, -0.1) is 0 Å². The van der Waals surface area contributed by atoms with Crippen LogP contribution in [0, 0.1) is 0 Å². The molecule has 0 heterocycles. The average molecular weight is 187 g/mol. The van der Waals surface area contributed by atoms with Gasteiger partial charge >= 0.3 is 0 Å². The van der Waals surface area contributed by atoms with Crippen LogP contribution in [0.1, 0.15) is 19.3 Å². The van der Waals surface area contributed by atoms with E-state index in [0.29, 0.717) is 6.42 Å². The van der Waals surface area contributed by atoms with E-state index in [-0.39, 0.29) is 5.78 Å². The van der Waals surface area contributed by atoms with Gasteiger partial charge in [-0.2, -0.15) is 0 Å². The highest BCUT2D eigenvalue weighted by molar-refractivity contribution is 5.97. The van der Waals surface area contributed by atoms with Gasteiger partial charge in [0.1, 0.15) is 0 Å². The Bertz CT molecular complexity index is 354. The number of carbonyl (C=O) groups excluding carboxylic acids is 1. The van der Waals surface area contributed by atoms with Crippen LogP contribution in [0.2, 0.25) is 0 Å². The maximum Gasteiger partial charge on any atom is 0.160 e. The van der Waals surface area contributed by atoms with Crippen LogP contribution in [0.4, 0.5) is 5.69 Å². The summed E-state index contributed by atoms with van der Waals surface area (Å²) in [6.07, 6.45) is 4.47. The largest absolute Gasteiger partial charge is 0.361 e. The third kappa shape index (κ3) is 2.02. The van der Waals surface area contributed by atoms with Gasteiger partial charge in [0.2, 0.25) is 0 Å².